The first-order valence-electron chi connectivity index (χ1n) is 12.1. The molecule has 0 spiro atoms. The highest BCUT2D eigenvalue weighted by molar-refractivity contribution is 5.97. The van der Waals surface area contributed by atoms with Crippen molar-refractivity contribution in [3.8, 4) is 0 Å². The van der Waals surface area contributed by atoms with Crippen molar-refractivity contribution in [2.45, 2.75) is 59.4 Å². The lowest BCUT2D eigenvalue weighted by Gasteiger charge is -2.40. The number of fused-ring (bicyclic) bond motifs is 1. The molecule has 176 valence electrons. The van der Waals surface area contributed by atoms with Gasteiger partial charge in [-0.2, -0.15) is 0 Å². The maximum Gasteiger partial charge on any atom is 0.251 e. The van der Waals surface area contributed by atoms with Crippen LogP contribution in [-0.2, 0) is 6.42 Å². The number of hydrogen-bond acceptors (Lipinski definition) is 4. The predicted octanol–water partition coefficient (Wildman–Crippen LogP) is 5.45. The lowest BCUT2D eigenvalue weighted by atomic mass is 9.70. The maximum atomic E-state index is 12.4. The molecule has 1 aliphatic rings. The van der Waals surface area contributed by atoms with Gasteiger partial charge in [-0.1, -0.05) is 39.8 Å². The lowest BCUT2D eigenvalue weighted by Crippen LogP contribution is -2.29. The summed E-state index contributed by atoms with van der Waals surface area (Å²) < 4.78 is 2.34. The highest BCUT2D eigenvalue weighted by Crippen LogP contribution is 2.46. The van der Waals surface area contributed by atoms with Crippen LogP contribution in [0.25, 0.3) is 11.0 Å². The number of aryl methyl sites for hydroxylation is 1. The van der Waals surface area contributed by atoms with Gasteiger partial charge >= 0.3 is 0 Å². The van der Waals surface area contributed by atoms with Crippen LogP contribution in [0.5, 0.6) is 0 Å². The van der Waals surface area contributed by atoms with Gasteiger partial charge in [0, 0.05) is 23.8 Å². The average molecular weight is 449 g/mol. The van der Waals surface area contributed by atoms with Gasteiger partial charge in [0.05, 0.1) is 17.6 Å². The van der Waals surface area contributed by atoms with Gasteiger partial charge in [0.25, 0.3) is 5.91 Å². The van der Waals surface area contributed by atoms with E-state index in [1.54, 1.807) is 0 Å². The fraction of sp³-hybridized carbons (Fsp3) is 0.481. The molecule has 6 nitrogen and oxygen atoms in total. The predicted molar refractivity (Wildman–Crippen MR) is 134 cm³/mol. The molecule has 1 amide bonds. The summed E-state index contributed by atoms with van der Waals surface area (Å²) in [5, 5.41) is 15.3. The number of amides is 1. The summed E-state index contributed by atoms with van der Waals surface area (Å²) in [6.07, 6.45) is 4.43. The quantitative estimate of drug-likeness (QED) is 0.449. The van der Waals surface area contributed by atoms with Gasteiger partial charge in [-0.3, -0.25) is 4.79 Å². The first-order chi connectivity index (χ1) is 15.8. The van der Waals surface area contributed by atoms with E-state index in [1.165, 1.54) is 12.0 Å². The van der Waals surface area contributed by atoms with Crippen LogP contribution in [0.15, 0.2) is 42.5 Å². The minimum absolute atomic E-state index is 0.0802. The van der Waals surface area contributed by atoms with E-state index in [0.29, 0.717) is 17.5 Å². The number of aliphatic hydroxyl groups is 1. The summed E-state index contributed by atoms with van der Waals surface area (Å²) in [6, 6.07) is 14.5. The van der Waals surface area contributed by atoms with E-state index < -0.39 is 0 Å². The number of aliphatic hydroxyl groups excluding tert-OH is 1. The fourth-order valence-electron chi connectivity index (χ4n) is 5.41. The molecule has 3 aromatic rings. The Labute approximate surface area is 196 Å². The number of benzene rings is 2. The highest BCUT2D eigenvalue weighted by atomic mass is 16.3. The zero-order valence-electron chi connectivity index (χ0n) is 20.2. The van der Waals surface area contributed by atoms with Crippen molar-refractivity contribution < 1.29 is 9.90 Å². The average Bonchev–Trinajstić information content (AvgIpc) is 3.13. The van der Waals surface area contributed by atoms with Crippen molar-refractivity contribution in [3.05, 3.63) is 53.6 Å². The van der Waals surface area contributed by atoms with E-state index in [-0.39, 0.29) is 24.5 Å². The number of nitrogens with zero attached hydrogens (tertiary/aromatic N) is 2. The van der Waals surface area contributed by atoms with Gasteiger partial charge < -0.3 is 20.3 Å². The SMILES string of the molecule is CCc1ccc(Nc2nc3cc(C(=O)NCCO)ccc3n2C2C[C@H](C)CC(C)(C)C2)cc1. The van der Waals surface area contributed by atoms with E-state index >= 15 is 0 Å². The molecule has 3 N–H and O–H groups in total. The summed E-state index contributed by atoms with van der Waals surface area (Å²) in [4.78, 5) is 17.4. The Morgan fingerprint density at radius 3 is 2.61 bits per heavy atom. The summed E-state index contributed by atoms with van der Waals surface area (Å²) in [5.41, 5.74) is 4.97. The van der Waals surface area contributed by atoms with Crippen molar-refractivity contribution in [2.75, 3.05) is 18.5 Å². The van der Waals surface area contributed by atoms with Gasteiger partial charge in [-0.05, 0) is 72.9 Å². The number of imidazole rings is 1. The molecule has 4 rings (SSSR count). The van der Waals surface area contributed by atoms with Crippen molar-refractivity contribution in [2.24, 2.45) is 11.3 Å². The molecule has 0 aliphatic heterocycles. The molecule has 1 saturated carbocycles. The van der Waals surface area contributed by atoms with Crippen LogP contribution in [0.3, 0.4) is 0 Å². The first kappa shape index (κ1) is 23.3. The van der Waals surface area contributed by atoms with Crippen LogP contribution in [-0.4, -0.2) is 33.7 Å². The molecule has 0 bridgehead atoms. The molecule has 6 heteroatoms. The fourth-order valence-corrected chi connectivity index (χ4v) is 5.41. The number of carbonyl (C=O) groups is 1. The second-order valence-corrected chi connectivity index (χ2v) is 10.2. The molecule has 1 aromatic heterocycles. The Morgan fingerprint density at radius 1 is 1.18 bits per heavy atom. The Hall–Kier alpha value is -2.86. The topological polar surface area (TPSA) is 79.2 Å². The minimum atomic E-state index is -0.197. The Morgan fingerprint density at radius 2 is 1.94 bits per heavy atom. The second-order valence-electron chi connectivity index (χ2n) is 10.2. The number of nitrogens with one attached hydrogen (secondary N) is 2. The van der Waals surface area contributed by atoms with E-state index in [0.717, 1.165) is 41.9 Å². The monoisotopic (exact) mass is 448 g/mol. The number of rotatable bonds is 7. The summed E-state index contributed by atoms with van der Waals surface area (Å²) in [6.45, 7) is 9.36. The standard InChI is InChI=1S/C27H36N4O2/c1-5-19-6-9-21(10-7-19)29-26-30-23-15-20(25(33)28-12-13-32)8-11-24(23)31(26)22-14-18(2)16-27(3,4)17-22/h6-11,15,18,22,32H,5,12-14,16-17H2,1-4H3,(H,28,33)(H,29,30)/t18-,22?/m0/s1. The van der Waals surface area contributed by atoms with Crippen LogP contribution in [0.1, 0.15) is 68.9 Å². The zero-order valence-corrected chi connectivity index (χ0v) is 20.2. The molecule has 33 heavy (non-hydrogen) atoms. The number of aromatic nitrogens is 2. The third-order valence-corrected chi connectivity index (χ3v) is 6.70. The van der Waals surface area contributed by atoms with Crippen molar-refractivity contribution in [1.82, 2.24) is 14.9 Å². The number of anilines is 2. The van der Waals surface area contributed by atoms with E-state index in [2.05, 4.69) is 67.2 Å². The number of hydrogen-bond donors (Lipinski definition) is 3. The van der Waals surface area contributed by atoms with Crippen LogP contribution in [0.2, 0.25) is 0 Å². The molecule has 0 radical (unpaired) electrons. The smallest absolute Gasteiger partial charge is 0.251 e. The molecule has 1 aliphatic carbocycles. The molecule has 1 heterocycles. The van der Waals surface area contributed by atoms with Crippen LogP contribution in [0, 0.1) is 11.3 Å². The molecule has 0 saturated heterocycles. The number of carbonyl (C=O) groups excluding carboxylic acids is 1. The van der Waals surface area contributed by atoms with Crippen molar-refractivity contribution in [3.63, 3.8) is 0 Å². The summed E-state index contributed by atoms with van der Waals surface area (Å²) in [7, 11) is 0. The zero-order chi connectivity index (χ0) is 23.6. The maximum absolute atomic E-state index is 12.4. The van der Waals surface area contributed by atoms with Crippen LogP contribution >= 0.6 is 0 Å². The van der Waals surface area contributed by atoms with Crippen molar-refractivity contribution in [1.29, 1.82) is 0 Å². The minimum Gasteiger partial charge on any atom is -0.395 e. The van der Waals surface area contributed by atoms with E-state index in [1.807, 2.05) is 18.2 Å². The largest absolute Gasteiger partial charge is 0.395 e. The highest BCUT2D eigenvalue weighted by Gasteiger charge is 2.34. The molecular formula is C27H36N4O2. The van der Waals surface area contributed by atoms with E-state index in [4.69, 9.17) is 10.1 Å². The van der Waals surface area contributed by atoms with E-state index in [9.17, 15) is 4.79 Å². The van der Waals surface area contributed by atoms with Crippen LogP contribution < -0.4 is 10.6 Å². The third kappa shape index (κ3) is 5.22. The molecule has 2 atom stereocenters. The van der Waals surface area contributed by atoms with Gasteiger partial charge in [0.1, 0.15) is 0 Å². The summed E-state index contributed by atoms with van der Waals surface area (Å²) in [5.74, 6) is 1.26. The van der Waals surface area contributed by atoms with Crippen LogP contribution in [0.4, 0.5) is 11.6 Å². The first-order valence-corrected chi connectivity index (χ1v) is 12.1. The van der Waals surface area contributed by atoms with Gasteiger partial charge in [-0.25, -0.2) is 4.98 Å². The molecule has 1 unspecified atom stereocenters. The molecule has 1 fully saturated rings. The Kier molecular flexibility index (Phi) is 6.75. The second kappa shape index (κ2) is 9.56. The van der Waals surface area contributed by atoms with Gasteiger partial charge in [0.2, 0.25) is 5.95 Å². The Bertz CT molecular complexity index is 1120. The summed E-state index contributed by atoms with van der Waals surface area (Å²) >= 11 is 0. The lowest BCUT2D eigenvalue weighted by molar-refractivity contribution is 0.0945. The molecular weight excluding hydrogens is 412 g/mol. The molecule has 2 aromatic carbocycles. The Balaban J connectivity index is 1.75. The van der Waals surface area contributed by atoms with Gasteiger partial charge in [0.15, 0.2) is 0 Å². The third-order valence-electron chi connectivity index (χ3n) is 6.70. The normalized spacial score (nSPS) is 20.0. The van der Waals surface area contributed by atoms with Crippen molar-refractivity contribution >= 4 is 28.6 Å². The van der Waals surface area contributed by atoms with Gasteiger partial charge in [-0.15, -0.1) is 0 Å².